The molecule has 0 radical (unpaired) electrons. The molecule has 0 bridgehead atoms. The number of rotatable bonds is 6. The highest BCUT2D eigenvalue weighted by atomic mass is 35.5. The average molecular weight is 555 g/mol. The number of nitrogens with zero attached hydrogens (tertiary/aromatic N) is 2. The molecule has 0 unspecified atom stereocenters. The van der Waals surface area contributed by atoms with Crippen molar-refractivity contribution in [2.75, 3.05) is 12.1 Å². The van der Waals surface area contributed by atoms with E-state index < -0.39 is 23.1 Å². The van der Waals surface area contributed by atoms with Gasteiger partial charge in [-0.05, 0) is 41.5 Å². The highest BCUT2D eigenvalue weighted by Gasteiger charge is 2.40. The Balaban J connectivity index is 1.58. The molecule has 198 valence electrons. The van der Waals surface area contributed by atoms with Crippen LogP contribution in [0.25, 0.3) is 11.0 Å². The van der Waals surface area contributed by atoms with Gasteiger partial charge in [0.2, 0.25) is 12.7 Å². The van der Waals surface area contributed by atoms with Crippen molar-refractivity contribution < 1.29 is 27.0 Å². The number of benzene rings is 3. The van der Waals surface area contributed by atoms with E-state index in [1.807, 2.05) is 30.3 Å². The summed E-state index contributed by atoms with van der Waals surface area (Å²) in [4.78, 5) is 12.2. The fourth-order valence-electron chi connectivity index (χ4n) is 4.71. The molecule has 0 saturated carbocycles. The molecule has 1 atom stereocenters. The topological polar surface area (TPSA) is 72.1 Å². The number of ether oxygens (including phenoxy) is 2. The van der Waals surface area contributed by atoms with E-state index in [-0.39, 0.29) is 24.7 Å². The molecule has 6 nitrogen and oxygen atoms in total. The van der Waals surface area contributed by atoms with Crippen LogP contribution in [0.15, 0.2) is 79.0 Å². The summed E-state index contributed by atoms with van der Waals surface area (Å²) >= 11 is 6.11. The Hall–Kier alpha value is -4.31. The Labute approximate surface area is 224 Å². The third-order valence-electron chi connectivity index (χ3n) is 6.50. The molecular weight excluding hydrogens is 536 g/mol. The lowest BCUT2D eigenvalue weighted by atomic mass is 9.80. The monoisotopic (exact) mass is 554 g/mol. The maximum absolute atomic E-state index is 14.8. The van der Waals surface area contributed by atoms with E-state index in [9.17, 15) is 17.6 Å². The molecule has 0 saturated heterocycles. The second-order valence-electron chi connectivity index (χ2n) is 9.09. The third-order valence-corrected chi connectivity index (χ3v) is 6.73. The van der Waals surface area contributed by atoms with Gasteiger partial charge in [0.1, 0.15) is 11.4 Å². The minimum absolute atomic E-state index is 0.00289. The van der Waals surface area contributed by atoms with Gasteiger partial charge in [0, 0.05) is 24.8 Å². The molecule has 11 heteroatoms. The third kappa shape index (κ3) is 4.83. The van der Waals surface area contributed by atoms with Crippen molar-refractivity contribution in [3.63, 3.8) is 0 Å². The summed E-state index contributed by atoms with van der Waals surface area (Å²) in [6.07, 6.45) is -3.29. The quantitative estimate of drug-likeness (QED) is 0.219. The summed E-state index contributed by atoms with van der Waals surface area (Å²) in [5.74, 6) is 0.241. The number of H-pyrrole nitrogens is 1. The molecule has 3 aromatic carbocycles. The normalized spacial score (nSPS) is 14.4. The zero-order valence-corrected chi connectivity index (χ0v) is 20.8. The first-order valence-electron chi connectivity index (χ1n) is 11.8. The second kappa shape index (κ2) is 9.46. The first kappa shape index (κ1) is 25.0. The van der Waals surface area contributed by atoms with Crippen molar-refractivity contribution in [3.05, 3.63) is 112 Å². The second-order valence-corrected chi connectivity index (χ2v) is 9.53. The van der Waals surface area contributed by atoms with Gasteiger partial charge in [-0.3, -0.25) is 4.98 Å². The predicted molar refractivity (Wildman–Crippen MR) is 137 cm³/mol. The van der Waals surface area contributed by atoms with Gasteiger partial charge in [-0.1, -0.05) is 41.9 Å². The van der Waals surface area contributed by atoms with E-state index in [0.717, 1.165) is 17.7 Å². The van der Waals surface area contributed by atoms with Gasteiger partial charge in [-0.15, -0.1) is 0 Å². The Morgan fingerprint density at radius 3 is 2.38 bits per heavy atom. The highest BCUT2D eigenvalue weighted by molar-refractivity contribution is 6.30. The molecule has 6 rings (SSSR count). The van der Waals surface area contributed by atoms with Crippen LogP contribution in [0, 0.1) is 5.82 Å². The van der Waals surface area contributed by atoms with Crippen LogP contribution in [-0.2, 0) is 18.1 Å². The van der Waals surface area contributed by atoms with E-state index in [2.05, 4.69) is 20.3 Å². The van der Waals surface area contributed by atoms with Gasteiger partial charge in [-0.2, -0.15) is 13.2 Å². The molecular formula is C28H19ClF4N4O2. The lowest BCUT2D eigenvalue weighted by Crippen LogP contribution is -2.40. The molecule has 0 amide bonds. The minimum Gasteiger partial charge on any atom is -0.454 e. The summed E-state index contributed by atoms with van der Waals surface area (Å²) in [5, 5.41) is 3.61. The number of imidazole rings is 1. The Morgan fingerprint density at radius 2 is 1.67 bits per heavy atom. The number of anilines is 1. The SMILES string of the molecule is Fc1cc(C(F)(F)F)cc([C@@](Cc2ccccc2)(Nc2nc3cc4c(cc3[nH]2)OCO4)c2ccc(Cl)cn2)c1. The van der Waals surface area contributed by atoms with Crippen LogP contribution in [0.1, 0.15) is 22.4 Å². The van der Waals surface area contributed by atoms with Crippen LogP contribution in [0.3, 0.4) is 0 Å². The van der Waals surface area contributed by atoms with Crippen molar-refractivity contribution in [2.45, 2.75) is 18.1 Å². The Kier molecular flexibility index (Phi) is 6.06. The van der Waals surface area contributed by atoms with Crippen molar-refractivity contribution in [3.8, 4) is 11.5 Å². The van der Waals surface area contributed by atoms with Crippen molar-refractivity contribution in [1.29, 1.82) is 0 Å². The Morgan fingerprint density at radius 1 is 0.923 bits per heavy atom. The number of nitrogens with one attached hydrogen (secondary N) is 2. The van der Waals surface area contributed by atoms with E-state index in [4.69, 9.17) is 21.1 Å². The van der Waals surface area contributed by atoms with Gasteiger partial charge in [-0.25, -0.2) is 9.37 Å². The smallest absolute Gasteiger partial charge is 0.416 e. The van der Waals surface area contributed by atoms with E-state index >= 15 is 0 Å². The van der Waals surface area contributed by atoms with Gasteiger partial charge in [0.15, 0.2) is 11.5 Å². The molecule has 39 heavy (non-hydrogen) atoms. The van der Waals surface area contributed by atoms with Crippen LogP contribution in [0.5, 0.6) is 11.5 Å². The van der Waals surface area contributed by atoms with Gasteiger partial charge in [0.25, 0.3) is 0 Å². The van der Waals surface area contributed by atoms with Crippen LogP contribution in [0.4, 0.5) is 23.5 Å². The summed E-state index contributed by atoms with van der Waals surface area (Å²) in [5.41, 5.74) is -0.411. The molecule has 2 N–H and O–H groups in total. The summed E-state index contributed by atoms with van der Waals surface area (Å²) < 4.78 is 67.2. The highest BCUT2D eigenvalue weighted by Crippen LogP contribution is 2.41. The fraction of sp³-hybridized carbons (Fsp3) is 0.143. The number of aromatic amines is 1. The number of pyridine rings is 1. The maximum Gasteiger partial charge on any atom is 0.416 e. The molecule has 3 heterocycles. The molecule has 5 aromatic rings. The zero-order valence-electron chi connectivity index (χ0n) is 20.0. The fourth-order valence-corrected chi connectivity index (χ4v) is 4.82. The molecule has 0 spiro atoms. The molecule has 1 aliphatic heterocycles. The number of halogens is 5. The lowest BCUT2D eigenvalue weighted by Gasteiger charge is -2.35. The number of hydrogen-bond acceptors (Lipinski definition) is 5. The number of fused-ring (bicyclic) bond motifs is 2. The Bertz CT molecular complexity index is 1620. The largest absolute Gasteiger partial charge is 0.454 e. The molecule has 0 fully saturated rings. The average Bonchev–Trinajstić information content (AvgIpc) is 3.52. The zero-order chi connectivity index (χ0) is 27.2. The number of hydrogen-bond donors (Lipinski definition) is 2. The van der Waals surface area contributed by atoms with Crippen LogP contribution in [0.2, 0.25) is 5.02 Å². The summed E-state index contributed by atoms with van der Waals surface area (Å²) in [6.45, 7) is 0.0938. The van der Waals surface area contributed by atoms with E-state index in [1.54, 1.807) is 24.3 Å². The van der Waals surface area contributed by atoms with Crippen molar-refractivity contribution in [2.24, 2.45) is 0 Å². The number of aromatic nitrogens is 3. The molecule has 1 aliphatic rings. The van der Waals surface area contributed by atoms with Crippen molar-refractivity contribution >= 4 is 28.6 Å². The van der Waals surface area contributed by atoms with Crippen LogP contribution >= 0.6 is 11.6 Å². The van der Waals surface area contributed by atoms with Gasteiger partial charge >= 0.3 is 6.18 Å². The number of alkyl halides is 3. The summed E-state index contributed by atoms with van der Waals surface area (Å²) in [7, 11) is 0. The van der Waals surface area contributed by atoms with Crippen LogP contribution in [-0.4, -0.2) is 21.7 Å². The maximum atomic E-state index is 14.8. The standard InChI is InChI=1S/C28H19ClF4N4O2/c29-19-6-7-25(34-14-19)27(13-16-4-2-1-3-5-16,17-8-18(28(31,32)33)10-20(30)9-17)37-26-35-21-11-23-24(39-15-38-23)12-22(21)36-26/h1-12,14H,13,15H2,(H2,35,36,37)/t27-/m1/s1. The van der Waals surface area contributed by atoms with E-state index in [1.165, 1.54) is 6.20 Å². The predicted octanol–water partition coefficient (Wildman–Crippen LogP) is 7.10. The van der Waals surface area contributed by atoms with Crippen molar-refractivity contribution in [1.82, 2.24) is 15.0 Å². The first-order chi connectivity index (χ1) is 18.7. The van der Waals surface area contributed by atoms with Gasteiger partial charge < -0.3 is 19.8 Å². The van der Waals surface area contributed by atoms with Gasteiger partial charge in [0.05, 0.1) is 27.3 Å². The lowest BCUT2D eigenvalue weighted by molar-refractivity contribution is -0.137. The first-order valence-corrected chi connectivity index (χ1v) is 12.2. The summed E-state index contributed by atoms with van der Waals surface area (Å²) in [6, 6.07) is 18.2. The minimum atomic E-state index is -4.78. The molecule has 0 aliphatic carbocycles. The molecule has 2 aromatic heterocycles. The van der Waals surface area contributed by atoms with Crippen LogP contribution < -0.4 is 14.8 Å². The van der Waals surface area contributed by atoms with E-state index in [0.29, 0.717) is 39.3 Å².